The number of carbonyl (C=O) groups is 1. The fraction of sp³-hybridized carbons (Fsp3) is 0.636. The molecule has 1 aliphatic heterocycles. The number of likely N-dealkylation sites (tertiary alicyclic amines) is 1. The van der Waals surface area contributed by atoms with Crippen molar-refractivity contribution in [2.24, 2.45) is 0 Å². The first-order chi connectivity index (χ1) is 7.68. The third-order valence-electron chi connectivity index (χ3n) is 3.13. The normalized spacial score (nSPS) is 18.1. The molecule has 2 rings (SSSR count). The van der Waals surface area contributed by atoms with Crippen LogP contribution in [0.1, 0.15) is 23.3 Å². The van der Waals surface area contributed by atoms with E-state index in [2.05, 4.69) is 24.0 Å². The predicted molar refractivity (Wildman–Crippen MR) is 64.7 cm³/mol. The van der Waals surface area contributed by atoms with E-state index >= 15 is 0 Å². The highest BCUT2D eigenvalue weighted by atomic mass is 32.1. The minimum Gasteiger partial charge on any atom is -0.337 e. The second-order valence-corrected chi connectivity index (χ2v) is 5.08. The van der Waals surface area contributed by atoms with E-state index in [1.165, 1.54) is 11.3 Å². The maximum Gasteiger partial charge on any atom is 0.273 e. The Balaban J connectivity index is 1.92. The zero-order valence-electron chi connectivity index (χ0n) is 9.72. The fourth-order valence-corrected chi connectivity index (χ4v) is 2.59. The van der Waals surface area contributed by atoms with Crippen LogP contribution in [-0.4, -0.2) is 53.9 Å². The molecule has 0 aliphatic carbocycles. The van der Waals surface area contributed by atoms with Crippen molar-refractivity contribution in [1.82, 2.24) is 14.8 Å². The number of hydrogen-bond donors (Lipinski definition) is 0. The molecule has 5 heteroatoms. The average molecular weight is 239 g/mol. The van der Waals surface area contributed by atoms with Crippen molar-refractivity contribution >= 4 is 17.2 Å². The molecule has 1 fully saturated rings. The van der Waals surface area contributed by atoms with Crippen LogP contribution in [0.15, 0.2) is 10.9 Å². The van der Waals surface area contributed by atoms with Gasteiger partial charge in [0, 0.05) is 24.5 Å². The molecule has 0 bridgehead atoms. The zero-order valence-corrected chi connectivity index (χ0v) is 10.5. The summed E-state index contributed by atoms with van der Waals surface area (Å²) < 4.78 is 0. The molecule has 2 heterocycles. The maximum absolute atomic E-state index is 12.0. The molecule has 0 unspecified atom stereocenters. The first kappa shape index (κ1) is 11.5. The van der Waals surface area contributed by atoms with E-state index in [4.69, 9.17) is 0 Å². The van der Waals surface area contributed by atoms with E-state index < -0.39 is 0 Å². The standard InChI is InChI=1S/C11H17N3OS/c1-13(2)9-3-5-14(6-4-9)11(15)10-7-16-8-12-10/h7-9H,3-6H2,1-2H3. The number of amides is 1. The molecule has 4 nitrogen and oxygen atoms in total. The summed E-state index contributed by atoms with van der Waals surface area (Å²) in [4.78, 5) is 20.2. The predicted octanol–water partition coefficient (Wildman–Crippen LogP) is 1.31. The summed E-state index contributed by atoms with van der Waals surface area (Å²) in [7, 11) is 4.20. The third-order valence-corrected chi connectivity index (χ3v) is 3.72. The molecule has 0 spiro atoms. The van der Waals surface area contributed by atoms with Gasteiger partial charge in [0.25, 0.3) is 5.91 Å². The van der Waals surface area contributed by atoms with Gasteiger partial charge < -0.3 is 9.80 Å². The highest BCUT2D eigenvalue weighted by Gasteiger charge is 2.25. The van der Waals surface area contributed by atoms with Crippen LogP contribution in [0, 0.1) is 0 Å². The Morgan fingerprint density at radius 2 is 2.19 bits per heavy atom. The lowest BCUT2D eigenvalue weighted by atomic mass is 10.0. The molecule has 0 N–H and O–H groups in total. The first-order valence-electron chi connectivity index (χ1n) is 5.52. The van der Waals surface area contributed by atoms with E-state index in [0.29, 0.717) is 11.7 Å². The van der Waals surface area contributed by atoms with Crippen LogP contribution in [0.5, 0.6) is 0 Å². The van der Waals surface area contributed by atoms with Crippen molar-refractivity contribution in [3.05, 3.63) is 16.6 Å². The summed E-state index contributed by atoms with van der Waals surface area (Å²) in [5, 5.41) is 1.82. The van der Waals surface area contributed by atoms with Gasteiger partial charge in [-0.2, -0.15) is 0 Å². The third kappa shape index (κ3) is 2.41. The number of rotatable bonds is 2. The Kier molecular flexibility index (Phi) is 3.56. The monoisotopic (exact) mass is 239 g/mol. The number of nitrogens with zero attached hydrogens (tertiary/aromatic N) is 3. The number of thiazole rings is 1. The molecule has 0 radical (unpaired) electrons. The summed E-state index contributed by atoms with van der Waals surface area (Å²) in [6, 6.07) is 0.611. The van der Waals surface area contributed by atoms with Crippen molar-refractivity contribution in [3.8, 4) is 0 Å². The van der Waals surface area contributed by atoms with Crippen molar-refractivity contribution in [2.75, 3.05) is 27.2 Å². The van der Waals surface area contributed by atoms with Gasteiger partial charge in [0.2, 0.25) is 0 Å². The second-order valence-electron chi connectivity index (χ2n) is 4.36. The summed E-state index contributed by atoms with van der Waals surface area (Å²) in [5.41, 5.74) is 2.30. The molecule has 0 saturated carbocycles. The van der Waals surface area contributed by atoms with Crippen molar-refractivity contribution < 1.29 is 4.79 Å². The molecular weight excluding hydrogens is 222 g/mol. The topological polar surface area (TPSA) is 36.4 Å². The van der Waals surface area contributed by atoms with Crippen molar-refractivity contribution in [2.45, 2.75) is 18.9 Å². The summed E-state index contributed by atoms with van der Waals surface area (Å²) in [6.45, 7) is 1.69. The lowest BCUT2D eigenvalue weighted by molar-refractivity contribution is 0.0658. The van der Waals surface area contributed by atoms with Gasteiger partial charge in [-0.1, -0.05) is 0 Å². The summed E-state index contributed by atoms with van der Waals surface area (Å²) in [5.74, 6) is 0.0819. The molecule has 88 valence electrons. The highest BCUT2D eigenvalue weighted by molar-refractivity contribution is 7.07. The highest BCUT2D eigenvalue weighted by Crippen LogP contribution is 2.16. The Bertz CT molecular complexity index is 342. The molecule has 16 heavy (non-hydrogen) atoms. The van der Waals surface area contributed by atoms with Gasteiger partial charge in [-0.25, -0.2) is 4.98 Å². The zero-order chi connectivity index (χ0) is 11.5. The first-order valence-corrected chi connectivity index (χ1v) is 6.46. The average Bonchev–Trinajstić information content (AvgIpc) is 2.81. The van der Waals surface area contributed by atoms with E-state index in [9.17, 15) is 4.79 Å². The van der Waals surface area contributed by atoms with Crippen LogP contribution >= 0.6 is 11.3 Å². The number of piperidine rings is 1. The van der Waals surface area contributed by atoms with Gasteiger partial charge in [0.1, 0.15) is 5.69 Å². The minimum atomic E-state index is 0.0819. The van der Waals surface area contributed by atoms with E-state index in [-0.39, 0.29) is 5.91 Å². The van der Waals surface area contributed by atoms with Crippen LogP contribution in [0.3, 0.4) is 0 Å². The summed E-state index contributed by atoms with van der Waals surface area (Å²) >= 11 is 1.47. The van der Waals surface area contributed by atoms with E-state index in [1.54, 1.807) is 5.51 Å². The van der Waals surface area contributed by atoms with E-state index in [1.807, 2.05) is 10.3 Å². The van der Waals surface area contributed by atoms with Crippen molar-refractivity contribution in [3.63, 3.8) is 0 Å². The maximum atomic E-state index is 12.0. The lowest BCUT2D eigenvalue weighted by Crippen LogP contribution is -2.44. The molecule has 1 amide bonds. The van der Waals surface area contributed by atoms with Gasteiger partial charge in [-0.15, -0.1) is 11.3 Å². The van der Waals surface area contributed by atoms with Crippen LogP contribution in [0.4, 0.5) is 0 Å². The number of carbonyl (C=O) groups excluding carboxylic acids is 1. The Hall–Kier alpha value is -0.940. The van der Waals surface area contributed by atoms with Gasteiger partial charge >= 0.3 is 0 Å². The summed E-state index contributed by atoms with van der Waals surface area (Å²) in [6.07, 6.45) is 2.12. The van der Waals surface area contributed by atoms with Gasteiger partial charge in [-0.05, 0) is 26.9 Å². The molecule has 1 aliphatic rings. The number of aromatic nitrogens is 1. The Labute approximate surface area is 99.9 Å². The van der Waals surface area contributed by atoms with Crippen molar-refractivity contribution in [1.29, 1.82) is 0 Å². The number of hydrogen-bond acceptors (Lipinski definition) is 4. The molecular formula is C11H17N3OS. The van der Waals surface area contributed by atoms with Gasteiger partial charge in [0.15, 0.2) is 0 Å². The van der Waals surface area contributed by atoms with Gasteiger partial charge in [-0.3, -0.25) is 4.79 Å². The largest absolute Gasteiger partial charge is 0.337 e. The van der Waals surface area contributed by atoms with E-state index in [0.717, 1.165) is 25.9 Å². The van der Waals surface area contributed by atoms with Gasteiger partial charge in [0.05, 0.1) is 5.51 Å². The quantitative estimate of drug-likeness (QED) is 0.781. The second kappa shape index (κ2) is 4.93. The van der Waals surface area contributed by atoms with Crippen LogP contribution in [0.25, 0.3) is 0 Å². The molecule has 0 atom stereocenters. The minimum absolute atomic E-state index is 0.0819. The Morgan fingerprint density at radius 3 is 2.69 bits per heavy atom. The molecule has 1 aromatic rings. The Morgan fingerprint density at radius 1 is 1.50 bits per heavy atom. The van der Waals surface area contributed by atoms with Crippen LogP contribution in [0.2, 0.25) is 0 Å². The molecule has 0 aromatic carbocycles. The van der Waals surface area contributed by atoms with Crippen LogP contribution < -0.4 is 0 Å². The van der Waals surface area contributed by atoms with Crippen LogP contribution in [-0.2, 0) is 0 Å². The molecule has 1 saturated heterocycles. The fourth-order valence-electron chi connectivity index (χ4n) is 2.07. The molecule has 1 aromatic heterocycles. The lowest BCUT2D eigenvalue weighted by Gasteiger charge is -2.34. The SMILES string of the molecule is CN(C)C1CCN(C(=O)c2cscn2)CC1. The smallest absolute Gasteiger partial charge is 0.273 e.